The van der Waals surface area contributed by atoms with Crippen molar-refractivity contribution >= 4 is 41.5 Å². The van der Waals surface area contributed by atoms with Crippen LogP contribution in [0.25, 0.3) is 0 Å². The number of aryl methyl sites for hydroxylation is 1. The van der Waals surface area contributed by atoms with Crippen LogP contribution >= 0.6 is 24.0 Å². The summed E-state index contributed by atoms with van der Waals surface area (Å²) in [5.74, 6) is 0.0555. The molecule has 0 spiro atoms. The van der Waals surface area contributed by atoms with E-state index < -0.39 is 0 Å². The number of aromatic nitrogens is 1. The molecule has 0 unspecified atom stereocenters. The fourth-order valence-corrected chi connectivity index (χ4v) is 2.33. The Hall–Kier alpha value is -2.10. The Morgan fingerprint density at radius 1 is 1.27 bits per heavy atom. The van der Waals surface area contributed by atoms with E-state index in [0.717, 1.165) is 5.69 Å². The highest BCUT2D eigenvalue weighted by molar-refractivity contribution is 14.0. The van der Waals surface area contributed by atoms with Crippen LogP contribution in [0, 0.1) is 5.82 Å². The molecule has 6 nitrogen and oxygen atoms in total. The van der Waals surface area contributed by atoms with Crippen molar-refractivity contribution in [1.29, 1.82) is 0 Å². The number of amides is 1. The van der Waals surface area contributed by atoms with Crippen LogP contribution in [0.5, 0.6) is 0 Å². The van der Waals surface area contributed by atoms with E-state index in [4.69, 9.17) is 0 Å². The van der Waals surface area contributed by atoms with E-state index in [9.17, 15) is 9.18 Å². The molecule has 0 fully saturated rings. The number of halogens is 2. The van der Waals surface area contributed by atoms with Gasteiger partial charge in [-0.25, -0.2) is 9.38 Å². The molecule has 26 heavy (non-hydrogen) atoms. The molecule has 0 aliphatic rings. The van der Waals surface area contributed by atoms with Crippen LogP contribution in [0.3, 0.4) is 0 Å². The number of aliphatic imine (C=N–C) groups is 1. The second kappa shape index (κ2) is 10.8. The Balaban J connectivity index is 0.00000338. The molecule has 8 heteroatoms. The van der Waals surface area contributed by atoms with Crippen LogP contribution in [-0.4, -0.2) is 41.5 Å². The van der Waals surface area contributed by atoms with Crippen molar-refractivity contribution < 1.29 is 9.18 Å². The molecule has 0 aliphatic heterocycles. The zero-order valence-electron chi connectivity index (χ0n) is 15.2. The fraction of sp³-hybridized carbons (Fsp3) is 0.333. The third kappa shape index (κ3) is 6.66. The van der Waals surface area contributed by atoms with Crippen molar-refractivity contribution in [2.75, 3.05) is 25.5 Å². The quantitative estimate of drug-likeness (QED) is 0.386. The number of hydrogen-bond acceptors (Lipinski definition) is 2. The van der Waals surface area contributed by atoms with Crippen LogP contribution in [-0.2, 0) is 18.4 Å². The van der Waals surface area contributed by atoms with E-state index in [1.807, 2.05) is 48.8 Å². The molecule has 0 bridgehead atoms. The van der Waals surface area contributed by atoms with Crippen LogP contribution in [0.1, 0.15) is 12.6 Å². The number of anilines is 1. The first kappa shape index (κ1) is 21.9. The van der Waals surface area contributed by atoms with Gasteiger partial charge in [0.2, 0.25) is 5.91 Å². The van der Waals surface area contributed by atoms with Crippen LogP contribution < -0.4 is 10.6 Å². The van der Waals surface area contributed by atoms with Gasteiger partial charge in [0.05, 0.1) is 6.54 Å². The fourth-order valence-electron chi connectivity index (χ4n) is 2.33. The molecule has 0 atom stereocenters. The van der Waals surface area contributed by atoms with E-state index in [1.54, 1.807) is 0 Å². The molecule has 2 aromatic rings. The molecule has 0 saturated heterocycles. The number of carbonyl (C=O) groups excluding carboxylic acids is 1. The number of nitrogens with zero attached hydrogens (tertiary/aromatic N) is 3. The largest absolute Gasteiger partial charge is 0.357 e. The third-order valence-electron chi connectivity index (χ3n) is 3.65. The van der Waals surface area contributed by atoms with E-state index in [0.29, 0.717) is 24.7 Å². The SMILES string of the molecule is CCNC(=NCC(=O)Nc1ccc(F)cc1)N(C)Cc1cccn1C.I. The van der Waals surface area contributed by atoms with Gasteiger partial charge in [-0.05, 0) is 43.3 Å². The lowest BCUT2D eigenvalue weighted by molar-refractivity contribution is -0.114. The van der Waals surface area contributed by atoms with Crippen molar-refractivity contribution in [3.8, 4) is 0 Å². The Morgan fingerprint density at radius 3 is 2.54 bits per heavy atom. The molecule has 1 amide bonds. The Morgan fingerprint density at radius 2 is 1.96 bits per heavy atom. The lowest BCUT2D eigenvalue weighted by atomic mass is 10.3. The maximum atomic E-state index is 12.9. The van der Waals surface area contributed by atoms with Gasteiger partial charge >= 0.3 is 0 Å². The topological polar surface area (TPSA) is 61.7 Å². The van der Waals surface area contributed by atoms with Crippen molar-refractivity contribution in [3.05, 3.63) is 54.1 Å². The maximum absolute atomic E-state index is 12.9. The molecule has 1 aromatic heterocycles. The van der Waals surface area contributed by atoms with E-state index in [-0.39, 0.29) is 42.2 Å². The van der Waals surface area contributed by atoms with E-state index in [1.165, 1.54) is 24.3 Å². The summed E-state index contributed by atoms with van der Waals surface area (Å²) in [5.41, 5.74) is 1.69. The van der Waals surface area contributed by atoms with Crippen LogP contribution in [0.4, 0.5) is 10.1 Å². The summed E-state index contributed by atoms with van der Waals surface area (Å²) in [6, 6.07) is 9.67. The van der Waals surface area contributed by atoms with Gasteiger partial charge in [0.25, 0.3) is 0 Å². The molecule has 1 heterocycles. The first-order chi connectivity index (χ1) is 12.0. The average molecular weight is 473 g/mol. The molecule has 0 saturated carbocycles. The third-order valence-corrected chi connectivity index (χ3v) is 3.65. The lowest BCUT2D eigenvalue weighted by Gasteiger charge is -2.22. The van der Waals surface area contributed by atoms with Gasteiger partial charge in [-0.1, -0.05) is 0 Å². The minimum Gasteiger partial charge on any atom is -0.357 e. The highest BCUT2D eigenvalue weighted by atomic mass is 127. The zero-order chi connectivity index (χ0) is 18.2. The predicted molar refractivity (Wildman–Crippen MR) is 113 cm³/mol. The van der Waals surface area contributed by atoms with Crippen LogP contribution in [0.15, 0.2) is 47.6 Å². The van der Waals surface area contributed by atoms with Crippen LogP contribution in [0.2, 0.25) is 0 Å². The summed E-state index contributed by atoms with van der Waals surface area (Å²) >= 11 is 0. The molecule has 0 aliphatic carbocycles. The number of hydrogen-bond donors (Lipinski definition) is 2. The molecule has 2 N–H and O–H groups in total. The summed E-state index contributed by atoms with van der Waals surface area (Å²) in [5, 5.41) is 5.88. The molecule has 1 aromatic carbocycles. The molecule has 142 valence electrons. The van der Waals surface area contributed by atoms with Gasteiger partial charge in [0.1, 0.15) is 12.4 Å². The highest BCUT2D eigenvalue weighted by Crippen LogP contribution is 2.08. The van der Waals surface area contributed by atoms with Crippen molar-refractivity contribution in [2.45, 2.75) is 13.5 Å². The lowest BCUT2D eigenvalue weighted by Crippen LogP contribution is -2.39. The zero-order valence-corrected chi connectivity index (χ0v) is 17.5. The van der Waals surface area contributed by atoms with E-state index in [2.05, 4.69) is 15.6 Å². The monoisotopic (exact) mass is 473 g/mol. The Kier molecular flexibility index (Phi) is 9.11. The Bertz CT molecular complexity index is 729. The van der Waals surface area contributed by atoms with Gasteiger partial charge in [0.15, 0.2) is 5.96 Å². The highest BCUT2D eigenvalue weighted by Gasteiger charge is 2.09. The van der Waals surface area contributed by atoms with Gasteiger partial charge in [-0.3, -0.25) is 4.79 Å². The minimum atomic E-state index is -0.340. The smallest absolute Gasteiger partial charge is 0.246 e. The molecule has 0 radical (unpaired) electrons. The van der Waals surface area contributed by atoms with Gasteiger partial charge in [-0.2, -0.15) is 0 Å². The van der Waals surface area contributed by atoms with Gasteiger partial charge < -0.3 is 20.1 Å². The average Bonchev–Trinajstić information content (AvgIpc) is 2.98. The summed E-state index contributed by atoms with van der Waals surface area (Å²) in [7, 11) is 3.91. The Labute approximate surface area is 170 Å². The number of carbonyl (C=O) groups is 1. The number of rotatable bonds is 6. The number of benzene rings is 1. The summed E-state index contributed by atoms with van der Waals surface area (Å²) in [6.45, 7) is 3.34. The first-order valence-electron chi connectivity index (χ1n) is 8.14. The normalized spacial score (nSPS) is 10.8. The van der Waals surface area contributed by atoms with Gasteiger partial charge in [0, 0.05) is 38.2 Å². The van der Waals surface area contributed by atoms with Gasteiger partial charge in [-0.15, -0.1) is 24.0 Å². The molecular weight excluding hydrogens is 448 g/mol. The molecular formula is C18H25FIN5O. The van der Waals surface area contributed by atoms with E-state index >= 15 is 0 Å². The predicted octanol–water partition coefficient (Wildman–Crippen LogP) is 2.82. The van der Waals surface area contributed by atoms with Crippen molar-refractivity contribution in [1.82, 2.24) is 14.8 Å². The second-order valence-corrected chi connectivity index (χ2v) is 5.69. The van der Waals surface area contributed by atoms with Crippen molar-refractivity contribution in [3.63, 3.8) is 0 Å². The maximum Gasteiger partial charge on any atom is 0.246 e. The standard InChI is InChI=1S/C18H24FN5O.HI/c1-4-20-18(24(3)13-16-6-5-11-23(16)2)21-12-17(25)22-15-9-7-14(19)8-10-15;/h5-11H,4,12-13H2,1-3H3,(H,20,21)(H,22,25);1H. The number of guanidine groups is 1. The summed E-state index contributed by atoms with van der Waals surface area (Å²) in [6.07, 6.45) is 1.99. The van der Waals surface area contributed by atoms with Crippen molar-refractivity contribution in [2.24, 2.45) is 12.0 Å². The summed E-state index contributed by atoms with van der Waals surface area (Å²) in [4.78, 5) is 18.4. The minimum absolute atomic E-state index is 0. The summed E-state index contributed by atoms with van der Waals surface area (Å²) < 4.78 is 14.9. The second-order valence-electron chi connectivity index (χ2n) is 5.69. The first-order valence-corrected chi connectivity index (χ1v) is 8.14. The molecule has 2 rings (SSSR count). The number of nitrogens with one attached hydrogen (secondary N) is 2.